The second kappa shape index (κ2) is 5.07. The second-order valence-corrected chi connectivity index (χ2v) is 4.68. The Morgan fingerprint density at radius 2 is 2.08 bits per heavy atom. The summed E-state index contributed by atoms with van der Waals surface area (Å²) in [5, 5.41) is 0. The van der Waals surface area contributed by atoms with Gasteiger partial charge < -0.3 is 0 Å². The highest BCUT2D eigenvalue weighted by Gasteiger charge is 2.07. The number of rotatable bonds is 3. The highest BCUT2D eigenvalue weighted by Crippen LogP contribution is 2.29. The molecular formula is C10H12ClI. The number of benzene rings is 1. The molecule has 12 heavy (non-hydrogen) atoms. The van der Waals surface area contributed by atoms with E-state index in [4.69, 9.17) is 11.6 Å². The molecule has 0 aromatic heterocycles. The van der Waals surface area contributed by atoms with E-state index in [-0.39, 0.29) is 0 Å². The molecule has 0 spiro atoms. The first-order valence-electron chi connectivity index (χ1n) is 4.01. The molecule has 1 aromatic carbocycles. The molecule has 1 aromatic rings. The molecule has 0 N–H and O–H groups in total. The number of aryl methyl sites for hydroxylation is 1. The van der Waals surface area contributed by atoms with E-state index < -0.39 is 0 Å². The van der Waals surface area contributed by atoms with E-state index in [1.54, 1.807) is 0 Å². The Hall–Kier alpha value is 0.240. The zero-order chi connectivity index (χ0) is 8.97. The molecule has 0 saturated heterocycles. The van der Waals surface area contributed by atoms with Crippen LogP contribution < -0.4 is 0 Å². The lowest BCUT2D eigenvalue weighted by atomic mass is 10.0. The van der Waals surface area contributed by atoms with Crippen LogP contribution in [0, 0.1) is 6.92 Å². The first-order valence-corrected chi connectivity index (χ1v) is 5.79. The van der Waals surface area contributed by atoms with Crippen LogP contribution >= 0.6 is 34.2 Å². The fraction of sp³-hybridized carbons (Fsp3) is 0.400. The van der Waals surface area contributed by atoms with Crippen LogP contribution in [0.3, 0.4) is 0 Å². The van der Waals surface area contributed by atoms with E-state index in [9.17, 15) is 0 Å². The van der Waals surface area contributed by atoms with Crippen LogP contribution in [-0.4, -0.2) is 5.88 Å². The van der Waals surface area contributed by atoms with Crippen LogP contribution in [0.15, 0.2) is 24.3 Å². The summed E-state index contributed by atoms with van der Waals surface area (Å²) in [6.07, 6.45) is 1.05. The third-order valence-corrected chi connectivity index (χ3v) is 3.40. The van der Waals surface area contributed by atoms with Gasteiger partial charge in [-0.2, -0.15) is 0 Å². The Morgan fingerprint density at radius 1 is 1.42 bits per heavy atom. The van der Waals surface area contributed by atoms with Crippen molar-refractivity contribution in [3.63, 3.8) is 0 Å². The van der Waals surface area contributed by atoms with Crippen LogP contribution in [-0.2, 0) is 0 Å². The topological polar surface area (TPSA) is 0 Å². The Morgan fingerprint density at radius 3 is 2.67 bits per heavy atom. The monoisotopic (exact) mass is 294 g/mol. The molecule has 66 valence electrons. The Labute approximate surface area is 92.5 Å². The maximum atomic E-state index is 5.69. The van der Waals surface area contributed by atoms with Gasteiger partial charge in [0, 0.05) is 9.80 Å². The standard InChI is InChI=1S/C10H12ClI/c1-8-4-2-3-5-9(8)10(12)6-7-11/h2-5,10H,6-7H2,1H3/t10-/m1/s1. The summed E-state index contributed by atoms with van der Waals surface area (Å²) in [5.41, 5.74) is 2.78. The molecule has 0 bridgehead atoms. The number of alkyl halides is 2. The average Bonchev–Trinajstić information content (AvgIpc) is 2.05. The minimum absolute atomic E-state index is 0.557. The third kappa shape index (κ3) is 2.63. The second-order valence-electron chi connectivity index (χ2n) is 2.80. The average molecular weight is 295 g/mol. The smallest absolute Gasteiger partial charge is 0.0373 e. The van der Waals surface area contributed by atoms with Gasteiger partial charge in [-0.05, 0) is 24.5 Å². The van der Waals surface area contributed by atoms with E-state index in [1.165, 1.54) is 11.1 Å². The molecule has 0 aliphatic carbocycles. The van der Waals surface area contributed by atoms with Gasteiger partial charge in [-0.3, -0.25) is 0 Å². The van der Waals surface area contributed by atoms with Crippen molar-refractivity contribution in [1.82, 2.24) is 0 Å². The summed E-state index contributed by atoms with van der Waals surface area (Å²) in [6.45, 7) is 2.15. The summed E-state index contributed by atoms with van der Waals surface area (Å²) >= 11 is 8.14. The molecule has 0 saturated carbocycles. The molecule has 1 atom stereocenters. The summed E-state index contributed by atoms with van der Waals surface area (Å²) < 4.78 is 0.557. The largest absolute Gasteiger partial charge is 0.127 e. The van der Waals surface area contributed by atoms with E-state index in [0.717, 1.165) is 12.3 Å². The van der Waals surface area contributed by atoms with Crippen LogP contribution in [0.25, 0.3) is 0 Å². The molecule has 0 aliphatic heterocycles. The molecule has 1 rings (SSSR count). The minimum Gasteiger partial charge on any atom is -0.127 e. The SMILES string of the molecule is Cc1ccccc1[C@H](I)CCCl. The van der Waals surface area contributed by atoms with E-state index in [1.807, 2.05) is 0 Å². The molecule has 0 nitrogen and oxygen atoms in total. The van der Waals surface area contributed by atoms with E-state index >= 15 is 0 Å². The lowest BCUT2D eigenvalue weighted by Crippen LogP contribution is -1.93. The molecule has 0 aliphatic rings. The van der Waals surface area contributed by atoms with Gasteiger partial charge in [0.2, 0.25) is 0 Å². The molecule has 0 fully saturated rings. The highest BCUT2D eigenvalue weighted by molar-refractivity contribution is 14.1. The van der Waals surface area contributed by atoms with Crippen molar-refractivity contribution in [3.05, 3.63) is 35.4 Å². The van der Waals surface area contributed by atoms with Crippen molar-refractivity contribution in [2.45, 2.75) is 17.3 Å². The first-order chi connectivity index (χ1) is 5.75. The Balaban J connectivity index is 2.79. The number of hydrogen-bond donors (Lipinski definition) is 0. The van der Waals surface area contributed by atoms with Crippen molar-refractivity contribution in [2.75, 3.05) is 5.88 Å². The van der Waals surface area contributed by atoms with Crippen LogP contribution in [0.4, 0.5) is 0 Å². The highest BCUT2D eigenvalue weighted by atomic mass is 127. The maximum Gasteiger partial charge on any atom is 0.0373 e. The van der Waals surface area contributed by atoms with Crippen molar-refractivity contribution >= 4 is 34.2 Å². The molecule has 0 amide bonds. The minimum atomic E-state index is 0.557. The molecule has 2 heteroatoms. The summed E-state index contributed by atoms with van der Waals surface area (Å²) in [7, 11) is 0. The lowest BCUT2D eigenvalue weighted by Gasteiger charge is -2.10. The normalized spacial score (nSPS) is 12.9. The van der Waals surface area contributed by atoms with Crippen molar-refractivity contribution in [3.8, 4) is 0 Å². The fourth-order valence-corrected chi connectivity index (χ4v) is 2.79. The Bertz CT molecular complexity index is 247. The van der Waals surface area contributed by atoms with Crippen LogP contribution in [0.2, 0.25) is 0 Å². The summed E-state index contributed by atoms with van der Waals surface area (Å²) in [4.78, 5) is 0. The van der Waals surface area contributed by atoms with Gasteiger partial charge in [0.25, 0.3) is 0 Å². The van der Waals surface area contributed by atoms with Crippen molar-refractivity contribution in [2.24, 2.45) is 0 Å². The zero-order valence-corrected chi connectivity index (χ0v) is 9.97. The van der Waals surface area contributed by atoms with Gasteiger partial charge in [0.05, 0.1) is 0 Å². The molecule has 0 radical (unpaired) electrons. The van der Waals surface area contributed by atoms with Gasteiger partial charge in [-0.15, -0.1) is 11.6 Å². The fourth-order valence-electron chi connectivity index (χ4n) is 1.19. The summed E-state index contributed by atoms with van der Waals surface area (Å²) in [6, 6.07) is 8.49. The molecular weight excluding hydrogens is 282 g/mol. The quantitative estimate of drug-likeness (QED) is 0.581. The Kier molecular flexibility index (Phi) is 4.36. The molecule has 0 heterocycles. The van der Waals surface area contributed by atoms with E-state index in [0.29, 0.717) is 3.92 Å². The van der Waals surface area contributed by atoms with Gasteiger partial charge in [0.15, 0.2) is 0 Å². The zero-order valence-electron chi connectivity index (χ0n) is 7.06. The third-order valence-electron chi connectivity index (χ3n) is 1.89. The van der Waals surface area contributed by atoms with Gasteiger partial charge in [-0.1, -0.05) is 46.9 Å². The van der Waals surface area contributed by atoms with E-state index in [2.05, 4.69) is 53.8 Å². The van der Waals surface area contributed by atoms with Gasteiger partial charge in [0.1, 0.15) is 0 Å². The predicted octanol–water partition coefficient (Wildman–Crippen LogP) is 4.10. The van der Waals surface area contributed by atoms with Gasteiger partial charge >= 0.3 is 0 Å². The number of halogens is 2. The lowest BCUT2D eigenvalue weighted by molar-refractivity contribution is 0.925. The summed E-state index contributed by atoms with van der Waals surface area (Å²) in [5.74, 6) is 0.738. The van der Waals surface area contributed by atoms with Crippen molar-refractivity contribution in [1.29, 1.82) is 0 Å². The van der Waals surface area contributed by atoms with Crippen LogP contribution in [0.1, 0.15) is 21.5 Å². The first kappa shape index (κ1) is 10.3. The predicted molar refractivity (Wildman–Crippen MR) is 63.3 cm³/mol. The van der Waals surface area contributed by atoms with Crippen LogP contribution in [0.5, 0.6) is 0 Å². The number of hydrogen-bond acceptors (Lipinski definition) is 0. The maximum absolute atomic E-state index is 5.69. The van der Waals surface area contributed by atoms with Crippen molar-refractivity contribution < 1.29 is 0 Å². The molecule has 0 unspecified atom stereocenters. The van der Waals surface area contributed by atoms with Gasteiger partial charge in [-0.25, -0.2) is 0 Å².